The van der Waals surface area contributed by atoms with Crippen molar-refractivity contribution in [3.63, 3.8) is 0 Å². The van der Waals surface area contributed by atoms with Gasteiger partial charge in [0.15, 0.2) is 5.78 Å². The highest BCUT2D eigenvalue weighted by Gasteiger charge is 2.16. The lowest BCUT2D eigenvalue weighted by Gasteiger charge is -2.06. The van der Waals surface area contributed by atoms with E-state index in [0.29, 0.717) is 0 Å². The minimum absolute atomic E-state index is 0.0170. The fourth-order valence-corrected chi connectivity index (χ4v) is 3.29. The second-order valence-corrected chi connectivity index (χ2v) is 6.81. The smallest absolute Gasteiger partial charge is 0.185 e. The molecule has 1 aromatic heterocycles. The van der Waals surface area contributed by atoms with Crippen LogP contribution < -0.4 is 0 Å². The van der Waals surface area contributed by atoms with Gasteiger partial charge in [0.1, 0.15) is 0 Å². The summed E-state index contributed by atoms with van der Waals surface area (Å²) >= 11 is 1.52. The Morgan fingerprint density at radius 1 is 1.44 bits per heavy atom. The van der Waals surface area contributed by atoms with Crippen LogP contribution >= 0.6 is 11.3 Å². The first kappa shape index (κ1) is 13.6. The Bertz CT molecular complexity index is 382. The number of hydrogen-bond donors (Lipinski definition) is 0. The Hall–Kier alpha value is -0.480. The summed E-state index contributed by atoms with van der Waals surface area (Å²) in [5.74, 6) is 0.182. The Balaban J connectivity index is 2.62. The molecule has 0 amide bonds. The third-order valence-corrected chi connectivity index (χ3v) is 5.63. The standard InChI is InChI=1S/C12H18O2S2/c1-4-9(3)16(14)8-11(13)12-7-6-10(5-2)15-12/h6-7,9H,4-5,8H2,1-3H3. The van der Waals surface area contributed by atoms with Crippen LogP contribution in [0.2, 0.25) is 0 Å². The molecule has 90 valence electrons. The van der Waals surface area contributed by atoms with E-state index in [9.17, 15) is 9.00 Å². The van der Waals surface area contributed by atoms with Gasteiger partial charge in [0, 0.05) is 20.9 Å². The summed E-state index contributed by atoms with van der Waals surface area (Å²) < 4.78 is 11.7. The van der Waals surface area contributed by atoms with Crippen molar-refractivity contribution in [2.75, 3.05) is 5.75 Å². The first-order valence-electron chi connectivity index (χ1n) is 5.57. The van der Waals surface area contributed by atoms with Crippen molar-refractivity contribution < 1.29 is 9.00 Å². The highest BCUT2D eigenvalue weighted by molar-refractivity contribution is 7.86. The summed E-state index contributed by atoms with van der Waals surface area (Å²) in [6.07, 6.45) is 1.80. The molecule has 0 saturated heterocycles. The molecule has 0 aliphatic rings. The molecule has 0 spiro atoms. The maximum Gasteiger partial charge on any atom is 0.185 e. The third kappa shape index (κ3) is 3.52. The number of hydrogen-bond acceptors (Lipinski definition) is 3. The molecule has 0 aliphatic heterocycles. The lowest BCUT2D eigenvalue weighted by Crippen LogP contribution is -2.18. The van der Waals surface area contributed by atoms with Crippen LogP contribution in [0.15, 0.2) is 12.1 Å². The lowest BCUT2D eigenvalue weighted by molar-refractivity contribution is 0.102. The number of aryl methyl sites for hydroxylation is 1. The second kappa shape index (κ2) is 6.30. The van der Waals surface area contributed by atoms with E-state index in [2.05, 4.69) is 6.92 Å². The van der Waals surface area contributed by atoms with Crippen molar-refractivity contribution in [2.45, 2.75) is 38.9 Å². The van der Waals surface area contributed by atoms with Gasteiger partial charge < -0.3 is 0 Å². The van der Waals surface area contributed by atoms with E-state index >= 15 is 0 Å². The molecule has 1 aromatic rings. The second-order valence-electron chi connectivity index (χ2n) is 3.79. The van der Waals surface area contributed by atoms with Crippen molar-refractivity contribution in [1.82, 2.24) is 0 Å². The molecule has 2 nitrogen and oxygen atoms in total. The largest absolute Gasteiger partial charge is 0.292 e. The number of thiophene rings is 1. The van der Waals surface area contributed by atoms with Gasteiger partial charge in [0.2, 0.25) is 0 Å². The molecule has 0 fully saturated rings. The topological polar surface area (TPSA) is 34.1 Å². The molecule has 1 heterocycles. The molecule has 2 atom stereocenters. The predicted octanol–water partition coefficient (Wildman–Crippen LogP) is 3.04. The maximum absolute atomic E-state index is 11.8. The summed E-state index contributed by atoms with van der Waals surface area (Å²) in [4.78, 5) is 13.8. The van der Waals surface area contributed by atoms with Crippen LogP contribution in [0.3, 0.4) is 0 Å². The fourth-order valence-electron chi connectivity index (χ4n) is 1.25. The van der Waals surface area contributed by atoms with E-state index in [0.717, 1.165) is 17.7 Å². The van der Waals surface area contributed by atoms with Crippen LogP contribution in [0.25, 0.3) is 0 Å². The quantitative estimate of drug-likeness (QED) is 0.735. The number of ketones is 1. The molecule has 0 aromatic carbocycles. The number of carbonyl (C=O) groups excluding carboxylic acids is 1. The van der Waals surface area contributed by atoms with Gasteiger partial charge >= 0.3 is 0 Å². The van der Waals surface area contributed by atoms with Gasteiger partial charge in [0.05, 0.1) is 10.6 Å². The van der Waals surface area contributed by atoms with Gasteiger partial charge in [-0.15, -0.1) is 11.3 Å². The van der Waals surface area contributed by atoms with E-state index < -0.39 is 10.8 Å². The average Bonchev–Trinajstić information content (AvgIpc) is 2.76. The molecule has 16 heavy (non-hydrogen) atoms. The van der Waals surface area contributed by atoms with Crippen molar-refractivity contribution in [2.24, 2.45) is 0 Å². The predicted molar refractivity (Wildman–Crippen MR) is 70.8 cm³/mol. The minimum atomic E-state index is -1.03. The molecule has 2 unspecified atom stereocenters. The van der Waals surface area contributed by atoms with Crippen molar-refractivity contribution in [3.8, 4) is 0 Å². The normalized spacial score (nSPS) is 14.7. The molecule has 4 heteroatoms. The summed E-state index contributed by atoms with van der Waals surface area (Å²) in [5.41, 5.74) is 0. The van der Waals surface area contributed by atoms with Crippen molar-refractivity contribution >= 4 is 27.9 Å². The SMILES string of the molecule is CCc1ccc(C(=O)CS(=O)C(C)CC)s1. The molecule has 0 aliphatic carbocycles. The zero-order valence-electron chi connectivity index (χ0n) is 9.99. The molecular formula is C12H18O2S2. The first-order valence-corrected chi connectivity index (χ1v) is 7.77. The van der Waals surface area contributed by atoms with Gasteiger partial charge in [-0.05, 0) is 25.0 Å². The molecule has 0 N–H and O–H groups in total. The third-order valence-electron chi connectivity index (χ3n) is 2.58. The zero-order chi connectivity index (χ0) is 12.1. The highest BCUT2D eigenvalue weighted by atomic mass is 32.2. The molecule has 0 radical (unpaired) electrons. The van der Waals surface area contributed by atoms with Crippen molar-refractivity contribution in [1.29, 1.82) is 0 Å². The van der Waals surface area contributed by atoms with Gasteiger partial charge in [-0.1, -0.05) is 20.8 Å². The first-order chi connectivity index (χ1) is 7.58. The fraction of sp³-hybridized carbons (Fsp3) is 0.583. The Kier molecular flexibility index (Phi) is 5.35. The van der Waals surface area contributed by atoms with Crippen LogP contribution in [-0.4, -0.2) is 21.0 Å². The molecular weight excluding hydrogens is 240 g/mol. The summed E-state index contributed by atoms with van der Waals surface area (Å²) in [7, 11) is -1.03. The van der Waals surface area contributed by atoms with Crippen LogP contribution in [0.1, 0.15) is 41.7 Å². The zero-order valence-corrected chi connectivity index (χ0v) is 11.6. The van der Waals surface area contributed by atoms with Gasteiger partial charge in [-0.3, -0.25) is 9.00 Å². The lowest BCUT2D eigenvalue weighted by atomic mass is 10.3. The van der Waals surface area contributed by atoms with Crippen LogP contribution in [0, 0.1) is 0 Å². The van der Waals surface area contributed by atoms with Crippen LogP contribution in [0.5, 0.6) is 0 Å². The van der Waals surface area contributed by atoms with E-state index in [1.165, 1.54) is 16.2 Å². The van der Waals surface area contributed by atoms with E-state index in [1.54, 1.807) is 0 Å². The van der Waals surface area contributed by atoms with E-state index in [4.69, 9.17) is 0 Å². The number of carbonyl (C=O) groups is 1. The molecule has 0 bridgehead atoms. The highest BCUT2D eigenvalue weighted by Crippen LogP contribution is 2.18. The number of Topliss-reactive ketones (excluding diaryl/α,β-unsaturated/α-hetero) is 1. The van der Waals surface area contributed by atoms with E-state index in [-0.39, 0.29) is 16.8 Å². The molecule has 0 saturated carbocycles. The Labute approximate surface area is 104 Å². The van der Waals surface area contributed by atoms with Gasteiger partial charge in [-0.25, -0.2) is 0 Å². The average molecular weight is 258 g/mol. The maximum atomic E-state index is 11.8. The summed E-state index contributed by atoms with van der Waals surface area (Å²) in [6.45, 7) is 5.99. The Morgan fingerprint density at radius 3 is 2.62 bits per heavy atom. The van der Waals surface area contributed by atoms with Gasteiger partial charge in [0.25, 0.3) is 0 Å². The monoisotopic (exact) mass is 258 g/mol. The minimum Gasteiger partial charge on any atom is -0.292 e. The van der Waals surface area contributed by atoms with Crippen molar-refractivity contribution in [3.05, 3.63) is 21.9 Å². The van der Waals surface area contributed by atoms with E-state index in [1.807, 2.05) is 26.0 Å². The molecule has 1 rings (SSSR count). The Morgan fingerprint density at radius 2 is 2.12 bits per heavy atom. The summed E-state index contributed by atoms with van der Waals surface area (Å²) in [6, 6.07) is 3.82. The van der Waals surface area contributed by atoms with Gasteiger partial charge in [-0.2, -0.15) is 0 Å². The number of rotatable bonds is 6. The summed E-state index contributed by atoms with van der Waals surface area (Å²) in [5, 5.41) is 0.106. The van der Waals surface area contributed by atoms with Crippen LogP contribution in [0.4, 0.5) is 0 Å². The van der Waals surface area contributed by atoms with Crippen LogP contribution in [-0.2, 0) is 17.2 Å².